The molecule has 6 atom stereocenters. The van der Waals surface area contributed by atoms with Crippen LogP contribution < -0.4 is 0 Å². The predicted octanol–water partition coefficient (Wildman–Crippen LogP) is 0.892. The van der Waals surface area contributed by atoms with Gasteiger partial charge in [0.25, 0.3) is 0 Å². The van der Waals surface area contributed by atoms with E-state index in [9.17, 15) is 30.6 Å². The Hall–Kier alpha value is -0.360. The minimum Gasteiger partial charge on any atom is -0.393 e. The van der Waals surface area contributed by atoms with Crippen molar-refractivity contribution in [1.29, 1.82) is 0 Å². The lowest BCUT2D eigenvalue weighted by atomic mass is 9.85. The summed E-state index contributed by atoms with van der Waals surface area (Å²) in [5.74, 6) is 0.375. The van der Waals surface area contributed by atoms with Crippen molar-refractivity contribution in [1.82, 2.24) is 0 Å². The Morgan fingerprint density at radius 1 is 0.333 bits per heavy atom. The minimum absolute atomic E-state index is 0.0602. The number of aliphatic hydroxyl groups excluding tert-OH is 6. The van der Waals surface area contributed by atoms with Crippen LogP contribution in [0.2, 0.25) is 0 Å². The van der Waals surface area contributed by atoms with Gasteiger partial charge in [-0.2, -0.15) is 0 Å². The molecule has 6 N–H and O–H groups in total. The summed E-state index contributed by atoms with van der Waals surface area (Å²) in [6.45, 7) is 1.46. The molecule has 4 fully saturated rings. The Bertz CT molecular complexity index is 529. The first-order valence-electron chi connectivity index (χ1n) is 14.1. The highest BCUT2D eigenvalue weighted by atomic mass is 16.5. The summed E-state index contributed by atoms with van der Waals surface area (Å²) in [5.41, 5.74) is 0. The Labute approximate surface area is 214 Å². The summed E-state index contributed by atoms with van der Waals surface area (Å²) in [6, 6.07) is 0. The lowest BCUT2D eigenvalue weighted by Crippen LogP contribution is -2.41. The van der Waals surface area contributed by atoms with Crippen molar-refractivity contribution in [2.24, 2.45) is 17.8 Å². The highest BCUT2D eigenvalue weighted by molar-refractivity contribution is 4.85. The van der Waals surface area contributed by atoms with E-state index in [2.05, 4.69) is 0 Å². The topological polar surface area (TPSA) is 149 Å². The van der Waals surface area contributed by atoms with Crippen LogP contribution in [-0.2, 0) is 14.2 Å². The highest BCUT2D eigenvalue weighted by Gasteiger charge is 2.35. The third kappa shape index (κ3) is 9.13. The van der Waals surface area contributed by atoms with E-state index < -0.39 is 36.6 Å². The zero-order chi connectivity index (χ0) is 25.7. The number of hydrogen-bond donors (Lipinski definition) is 6. The van der Waals surface area contributed by atoms with Crippen molar-refractivity contribution in [2.45, 2.75) is 132 Å². The molecule has 0 bridgehead atoms. The van der Waals surface area contributed by atoms with E-state index in [-0.39, 0.29) is 36.1 Å². The van der Waals surface area contributed by atoms with Crippen LogP contribution in [-0.4, -0.2) is 105 Å². The normalized spacial score (nSPS) is 46.5. The van der Waals surface area contributed by atoms with E-state index in [1.807, 2.05) is 0 Å². The summed E-state index contributed by atoms with van der Waals surface area (Å²) in [5, 5.41) is 60.0. The first-order valence-corrected chi connectivity index (χ1v) is 14.1. The fourth-order valence-electron chi connectivity index (χ4n) is 6.92. The van der Waals surface area contributed by atoms with Gasteiger partial charge >= 0.3 is 0 Å². The summed E-state index contributed by atoms with van der Waals surface area (Å²) in [6.07, 6.45) is 4.26. The Balaban J connectivity index is 1.29. The maximum Gasteiger partial charge on any atom is 0.0624 e. The molecule has 6 unspecified atom stereocenters. The molecular weight excluding hydrogens is 468 g/mol. The third-order valence-corrected chi connectivity index (χ3v) is 8.55. The molecule has 0 aliphatic heterocycles. The maximum absolute atomic E-state index is 10.0. The van der Waals surface area contributed by atoms with Gasteiger partial charge in [0.15, 0.2) is 0 Å². The van der Waals surface area contributed by atoms with E-state index in [0.717, 1.165) is 19.3 Å². The molecule has 4 rings (SSSR count). The quantitative estimate of drug-likeness (QED) is 0.263. The second kappa shape index (κ2) is 13.6. The molecule has 0 saturated heterocycles. The first-order chi connectivity index (χ1) is 17.2. The Morgan fingerprint density at radius 2 is 0.556 bits per heavy atom. The lowest BCUT2D eigenvalue weighted by Gasteiger charge is -2.38. The van der Waals surface area contributed by atoms with Crippen molar-refractivity contribution in [3.63, 3.8) is 0 Å². The Morgan fingerprint density at radius 3 is 0.778 bits per heavy atom. The van der Waals surface area contributed by atoms with Crippen LogP contribution in [0.15, 0.2) is 0 Å². The Kier molecular flexibility index (Phi) is 10.8. The summed E-state index contributed by atoms with van der Waals surface area (Å²) in [7, 11) is 0. The average Bonchev–Trinajstić information content (AvgIpc) is 2.78. The number of rotatable bonds is 9. The average molecular weight is 517 g/mol. The van der Waals surface area contributed by atoms with Gasteiger partial charge in [-0.1, -0.05) is 0 Å². The zero-order valence-corrected chi connectivity index (χ0v) is 21.4. The highest BCUT2D eigenvalue weighted by Crippen LogP contribution is 2.33. The maximum atomic E-state index is 10.0. The second-order valence-electron chi connectivity index (χ2n) is 12.2. The van der Waals surface area contributed by atoms with Crippen LogP contribution in [0, 0.1) is 17.8 Å². The van der Waals surface area contributed by atoms with E-state index in [0.29, 0.717) is 77.6 Å². The van der Waals surface area contributed by atoms with Crippen molar-refractivity contribution in [3.05, 3.63) is 0 Å². The zero-order valence-electron chi connectivity index (χ0n) is 21.4. The van der Waals surface area contributed by atoms with Gasteiger partial charge in [0.1, 0.15) is 0 Å². The van der Waals surface area contributed by atoms with E-state index in [4.69, 9.17) is 14.2 Å². The van der Waals surface area contributed by atoms with Gasteiger partial charge in [-0.3, -0.25) is 0 Å². The fourth-order valence-corrected chi connectivity index (χ4v) is 6.92. The van der Waals surface area contributed by atoms with E-state index in [1.165, 1.54) is 0 Å². The molecule has 4 aliphatic rings. The van der Waals surface area contributed by atoms with Crippen molar-refractivity contribution >= 4 is 0 Å². The van der Waals surface area contributed by atoms with Gasteiger partial charge in [-0.05, 0) is 94.8 Å². The molecular formula is C27H48O9. The molecule has 9 nitrogen and oxygen atoms in total. The van der Waals surface area contributed by atoms with Crippen molar-refractivity contribution in [3.8, 4) is 0 Å². The minimum atomic E-state index is -0.483. The van der Waals surface area contributed by atoms with Gasteiger partial charge in [0, 0.05) is 19.8 Å². The van der Waals surface area contributed by atoms with Crippen molar-refractivity contribution in [2.75, 3.05) is 19.8 Å². The van der Waals surface area contributed by atoms with E-state index in [1.54, 1.807) is 0 Å². The third-order valence-electron chi connectivity index (χ3n) is 8.55. The molecule has 0 spiro atoms. The van der Waals surface area contributed by atoms with Gasteiger partial charge < -0.3 is 44.8 Å². The lowest BCUT2D eigenvalue weighted by molar-refractivity contribution is -0.127. The smallest absolute Gasteiger partial charge is 0.0624 e. The molecule has 36 heavy (non-hydrogen) atoms. The number of ether oxygens (including phenoxy) is 3. The standard InChI is InChI=1S/C27H48O9/c28-19-1-16(2-20(29)7-19)13-34-25-10-26(35-14-17-3-21(30)8-22(31)4-17)12-27(11-25)36-15-18-5-23(32)9-24(33)6-18/h16-33H,1-15H2. The summed E-state index contributed by atoms with van der Waals surface area (Å²) < 4.78 is 18.9. The molecule has 0 amide bonds. The van der Waals surface area contributed by atoms with Gasteiger partial charge in [-0.25, -0.2) is 0 Å². The predicted molar refractivity (Wildman–Crippen MR) is 131 cm³/mol. The first kappa shape index (κ1) is 28.6. The van der Waals surface area contributed by atoms with Gasteiger partial charge in [0.05, 0.1) is 54.9 Å². The molecule has 4 saturated carbocycles. The van der Waals surface area contributed by atoms with Gasteiger partial charge in [0.2, 0.25) is 0 Å². The summed E-state index contributed by atoms with van der Waals surface area (Å²) >= 11 is 0. The molecule has 0 heterocycles. The second-order valence-corrected chi connectivity index (χ2v) is 12.2. The van der Waals surface area contributed by atoms with Crippen LogP contribution in [0.4, 0.5) is 0 Å². The molecule has 0 aromatic rings. The van der Waals surface area contributed by atoms with Gasteiger partial charge in [-0.15, -0.1) is 0 Å². The monoisotopic (exact) mass is 516 g/mol. The van der Waals surface area contributed by atoms with Crippen LogP contribution in [0.5, 0.6) is 0 Å². The number of aliphatic hydroxyl groups is 6. The fraction of sp³-hybridized carbons (Fsp3) is 1.00. The number of hydrogen-bond acceptors (Lipinski definition) is 9. The largest absolute Gasteiger partial charge is 0.393 e. The molecule has 210 valence electrons. The van der Waals surface area contributed by atoms with Crippen LogP contribution in [0.3, 0.4) is 0 Å². The SMILES string of the molecule is OC1CC(O)CC(COC2CC(OCC3CC(O)CC(O)C3)CC(OCC3CC(O)CC(O)C3)C2)C1. The van der Waals surface area contributed by atoms with Crippen molar-refractivity contribution < 1.29 is 44.8 Å². The van der Waals surface area contributed by atoms with Crippen LogP contribution in [0.1, 0.15) is 77.0 Å². The molecule has 0 aromatic heterocycles. The summed E-state index contributed by atoms with van der Waals surface area (Å²) in [4.78, 5) is 0. The molecule has 9 heteroatoms. The van der Waals surface area contributed by atoms with Crippen LogP contribution in [0.25, 0.3) is 0 Å². The van der Waals surface area contributed by atoms with E-state index >= 15 is 0 Å². The van der Waals surface area contributed by atoms with Crippen LogP contribution >= 0.6 is 0 Å². The molecule has 0 radical (unpaired) electrons. The molecule has 0 aromatic carbocycles. The molecule has 4 aliphatic carbocycles.